The summed E-state index contributed by atoms with van der Waals surface area (Å²) in [5.41, 5.74) is 8.50. The van der Waals surface area contributed by atoms with E-state index in [2.05, 4.69) is 6.58 Å². The van der Waals surface area contributed by atoms with Crippen LogP contribution in [-0.2, 0) is 32.3 Å². The van der Waals surface area contributed by atoms with E-state index < -0.39 is 0 Å². The number of phenolic OH excluding ortho intramolecular Hbond substituents is 3. The highest BCUT2D eigenvalue weighted by atomic mass is 16.5. The van der Waals surface area contributed by atoms with Gasteiger partial charge in [0.2, 0.25) is 0 Å². The number of ether oxygens (including phenoxy) is 1. The van der Waals surface area contributed by atoms with E-state index in [-0.39, 0.29) is 17.2 Å². The van der Waals surface area contributed by atoms with Crippen LogP contribution in [0.5, 0.6) is 23.0 Å². The molecule has 5 aromatic rings. The normalized spacial score (nSPS) is 12.5. The fourth-order valence-corrected chi connectivity index (χ4v) is 5.62. The summed E-state index contributed by atoms with van der Waals surface area (Å²) in [5, 5.41) is 33.8. The van der Waals surface area contributed by atoms with Crippen molar-refractivity contribution in [3.05, 3.63) is 159 Å². The molecule has 0 unspecified atom stereocenters. The van der Waals surface area contributed by atoms with Crippen molar-refractivity contribution in [1.29, 1.82) is 0 Å². The van der Waals surface area contributed by atoms with E-state index in [0.29, 0.717) is 32.3 Å². The summed E-state index contributed by atoms with van der Waals surface area (Å²) in [7, 11) is 0. The first-order valence-electron chi connectivity index (χ1n) is 13.8. The quantitative estimate of drug-likeness (QED) is 0.214. The highest BCUT2D eigenvalue weighted by Gasteiger charge is 2.19. The molecule has 4 nitrogen and oxygen atoms in total. The van der Waals surface area contributed by atoms with Gasteiger partial charge >= 0.3 is 0 Å². The molecule has 5 aromatic carbocycles. The van der Waals surface area contributed by atoms with Crippen molar-refractivity contribution >= 4 is 6.08 Å². The molecular weight excluding hydrogens is 508 g/mol. The fraction of sp³-hybridized carbons (Fsp3) is 0.135. The molecule has 6 rings (SSSR count). The average molecular weight is 541 g/mol. The molecule has 0 fully saturated rings. The first kappa shape index (κ1) is 26.3. The maximum atomic E-state index is 11.3. The first-order valence-corrected chi connectivity index (χ1v) is 13.8. The average Bonchev–Trinajstić information content (AvgIpc) is 2.98. The highest BCUT2D eigenvalue weighted by Crippen LogP contribution is 2.37. The van der Waals surface area contributed by atoms with Gasteiger partial charge in [0.1, 0.15) is 29.6 Å². The van der Waals surface area contributed by atoms with Crippen molar-refractivity contribution in [2.24, 2.45) is 0 Å². The second kappa shape index (κ2) is 11.3. The summed E-state index contributed by atoms with van der Waals surface area (Å²) in [4.78, 5) is 0. The van der Waals surface area contributed by atoms with Crippen LogP contribution in [0.4, 0.5) is 0 Å². The minimum atomic E-state index is 0.191. The van der Waals surface area contributed by atoms with Crippen LogP contribution in [0.1, 0.15) is 55.6 Å². The molecule has 0 heterocycles. The molecule has 1 aliphatic carbocycles. The van der Waals surface area contributed by atoms with Crippen molar-refractivity contribution in [3.8, 4) is 23.0 Å². The number of para-hydroxylation sites is 4. The van der Waals surface area contributed by atoms with E-state index in [4.69, 9.17) is 4.74 Å². The SMILES string of the molecule is C=Cc1ccc(COc2c3cccc2Cc2cccc(c2O)Cc2cccc(c2O)Cc2cccc(c2O)C3)cc1. The highest BCUT2D eigenvalue weighted by molar-refractivity contribution is 5.55. The zero-order chi connectivity index (χ0) is 28.3. The Balaban J connectivity index is 1.47. The van der Waals surface area contributed by atoms with Crippen LogP contribution in [0.2, 0.25) is 0 Å². The van der Waals surface area contributed by atoms with Gasteiger partial charge in [-0.15, -0.1) is 0 Å². The van der Waals surface area contributed by atoms with Gasteiger partial charge in [-0.05, 0) is 55.6 Å². The monoisotopic (exact) mass is 540 g/mol. The van der Waals surface area contributed by atoms with Gasteiger partial charge in [-0.3, -0.25) is 0 Å². The van der Waals surface area contributed by atoms with Gasteiger partial charge in [-0.25, -0.2) is 0 Å². The van der Waals surface area contributed by atoms with E-state index in [1.165, 1.54) is 0 Å². The van der Waals surface area contributed by atoms with Gasteiger partial charge in [0, 0.05) is 25.7 Å². The molecule has 0 saturated heterocycles. The topological polar surface area (TPSA) is 69.9 Å². The first-order chi connectivity index (χ1) is 20.0. The third kappa shape index (κ3) is 5.42. The van der Waals surface area contributed by atoms with Gasteiger partial charge < -0.3 is 20.1 Å². The Morgan fingerprint density at radius 3 is 1.22 bits per heavy atom. The van der Waals surface area contributed by atoms with Crippen LogP contribution < -0.4 is 4.74 Å². The van der Waals surface area contributed by atoms with E-state index in [0.717, 1.165) is 61.4 Å². The summed E-state index contributed by atoms with van der Waals surface area (Å²) < 4.78 is 6.52. The minimum absolute atomic E-state index is 0.191. The smallest absolute Gasteiger partial charge is 0.126 e. The number of phenols is 3. The lowest BCUT2D eigenvalue weighted by molar-refractivity contribution is 0.300. The van der Waals surface area contributed by atoms with Gasteiger partial charge in [-0.2, -0.15) is 0 Å². The predicted octanol–water partition coefficient (Wildman–Crippen LogP) is 7.70. The maximum Gasteiger partial charge on any atom is 0.126 e. The van der Waals surface area contributed by atoms with Crippen LogP contribution in [0.3, 0.4) is 0 Å². The third-order valence-electron chi connectivity index (χ3n) is 7.91. The van der Waals surface area contributed by atoms with Crippen LogP contribution in [0.25, 0.3) is 6.08 Å². The molecule has 41 heavy (non-hydrogen) atoms. The van der Waals surface area contributed by atoms with E-state index >= 15 is 0 Å². The standard InChI is InChI=1S/C37H32O4/c1-2-24-15-17-25(18-16-24)23-41-37-32-13-6-14-33(37)22-31-12-5-10-29(36(31)40)20-27-8-3-7-26(34(27)38)19-28-9-4-11-30(21-32)35(28)39/h2-18,38-40H,1,19-23H2. The summed E-state index contributed by atoms with van der Waals surface area (Å²) in [5.74, 6) is 1.40. The molecule has 0 aromatic heterocycles. The fourth-order valence-electron chi connectivity index (χ4n) is 5.62. The van der Waals surface area contributed by atoms with Crippen molar-refractivity contribution < 1.29 is 20.1 Å². The lowest BCUT2D eigenvalue weighted by Crippen LogP contribution is -2.05. The van der Waals surface area contributed by atoms with Crippen LogP contribution >= 0.6 is 0 Å². The molecule has 0 aliphatic heterocycles. The van der Waals surface area contributed by atoms with E-state index in [1.54, 1.807) is 0 Å². The lowest BCUT2D eigenvalue weighted by Gasteiger charge is -2.19. The molecule has 204 valence electrons. The molecule has 3 N–H and O–H groups in total. The molecule has 0 atom stereocenters. The summed E-state index contributed by atoms with van der Waals surface area (Å²) in [6.07, 6.45) is 3.52. The molecular formula is C37H32O4. The van der Waals surface area contributed by atoms with Gasteiger partial charge in [0.15, 0.2) is 0 Å². The van der Waals surface area contributed by atoms with E-state index in [1.807, 2.05) is 103 Å². The van der Waals surface area contributed by atoms with Crippen LogP contribution in [0, 0.1) is 0 Å². The van der Waals surface area contributed by atoms with E-state index in [9.17, 15) is 15.3 Å². The number of rotatable bonds is 4. The Labute approximate surface area is 240 Å². The number of hydrogen-bond acceptors (Lipinski definition) is 4. The van der Waals surface area contributed by atoms with Gasteiger partial charge in [0.05, 0.1) is 0 Å². The Morgan fingerprint density at radius 1 is 0.512 bits per heavy atom. The Kier molecular flexibility index (Phi) is 7.22. The zero-order valence-corrected chi connectivity index (χ0v) is 22.8. The van der Waals surface area contributed by atoms with Crippen molar-refractivity contribution in [1.82, 2.24) is 0 Å². The van der Waals surface area contributed by atoms with Crippen LogP contribution in [0.15, 0.2) is 104 Å². The van der Waals surface area contributed by atoms with Crippen molar-refractivity contribution in [2.45, 2.75) is 32.3 Å². The largest absolute Gasteiger partial charge is 0.507 e. The van der Waals surface area contributed by atoms with Gasteiger partial charge in [0.25, 0.3) is 0 Å². The number of benzene rings is 5. The second-order valence-electron chi connectivity index (χ2n) is 10.6. The summed E-state index contributed by atoms with van der Waals surface area (Å²) >= 11 is 0. The zero-order valence-electron chi connectivity index (χ0n) is 22.8. The predicted molar refractivity (Wildman–Crippen MR) is 163 cm³/mol. The lowest BCUT2D eigenvalue weighted by atomic mass is 9.91. The molecule has 8 bridgehead atoms. The Morgan fingerprint density at radius 2 is 0.854 bits per heavy atom. The maximum absolute atomic E-state index is 11.3. The summed E-state index contributed by atoms with van der Waals surface area (Å²) in [6, 6.07) is 31.4. The number of fused-ring (bicyclic) bond motifs is 8. The Bertz CT molecular complexity index is 1640. The number of hydrogen-bond donors (Lipinski definition) is 3. The third-order valence-corrected chi connectivity index (χ3v) is 7.91. The second-order valence-corrected chi connectivity index (χ2v) is 10.6. The molecule has 0 saturated carbocycles. The molecule has 1 aliphatic rings. The number of aromatic hydroxyl groups is 3. The van der Waals surface area contributed by atoms with Crippen molar-refractivity contribution in [3.63, 3.8) is 0 Å². The van der Waals surface area contributed by atoms with Gasteiger partial charge in [-0.1, -0.05) is 110 Å². The molecule has 0 amide bonds. The molecule has 0 radical (unpaired) electrons. The van der Waals surface area contributed by atoms with Crippen molar-refractivity contribution in [2.75, 3.05) is 0 Å². The minimum Gasteiger partial charge on any atom is -0.507 e. The van der Waals surface area contributed by atoms with Crippen LogP contribution in [-0.4, -0.2) is 15.3 Å². The Hall–Kier alpha value is -4.96. The molecule has 0 spiro atoms. The summed E-state index contributed by atoms with van der Waals surface area (Å²) in [6.45, 7) is 4.21. The molecule has 4 heteroatoms.